The van der Waals surface area contributed by atoms with Crippen molar-refractivity contribution in [2.24, 2.45) is 0 Å². The summed E-state index contributed by atoms with van der Waals surface area (Å²) in [4.78, 5) is 0. The second kappa shape index (κ2) is 19.0. The van der Waals surface area contributed by atoms with E-state index in [0.717, 1.165) is 57.8 Å². The van der Waals surface area contributed by atoms with Crippen LogP contribution in [0.5, 0.6) is 0 Å². The lowest BCUT2D eigenvalue weighted by atomic mass is 10.0. The van der Waals surface area contributed by atoms with Crippen LogP contribution in [0, 0.1) is 0 Å². The Morgan fingerprint density at radius 3 is 1.42 bits per heavy atom. The SMILES string of the molecule is CCCCS(=O)(=O)OCC=C(C)CCC=C(C)CCC=C(C)CCC=C(C)CCC=C(C)C. The Balaban J connectivity index is 4.15. The second-order valence-electron chi connectivity index (χ2n) is 9.54. The normalized spacial score (nSPS) is 14.0. The molecule has 0 rings (SSSR count). The Kier molecular flexibility index (Phi) is 18.2. The molecule has 0 N–H and O–H groups in total. The monoisotopic (exact) mass is 478 g/mol. The predicted molar refractivity (Wildman–Crippen MR) is 146 cm³/mol. The second-order valence-corrected chi connectivity index (χ2v) is 11.3. The molecule has 0 aliphatic heterocycles. The number of allylic oxidation sites excluding steroid dienone is 9. The van der Waals surface area contributed by atoms with Crippen molar-refractivity contribution in [1.82, 2.24) is 0 Å². The summed E-state index contributed by atoms with van der Waals surface area (Å²) < 4.78 is 28.4. The Hall–Kier alpha value is -1.39. The van der Waals surface area contributed by atoms with Crippen LogP contribution in [0.15, 0.2) is 58.2 Å². The molecule has 0 amide bonds. The molecule has 0 saturated heterocycles. The van der Waals surface area contributed by atoms with Crippen LogP contribution >= 0.6 is 0 Å². The van der Waals surface area contributed by atoms with E-state index in [1.165, 1.54) is 27.9 Å². The summed E-state index contributed by atoms with van der Waals surface area (Å²) in [5.41, 5.74) is 6.96. The van der Waals surface area contributed by atoms with Gasteiger partial charge >= 0.3 is 0 Å². The van der Waals surface area contributed by atoms with Gasteiger partial charge in [-0.05, 0) is 99.3 Å². The highest BCUT2D eigenvalue weighted by Gasteiger charge is 2.08. The van der Waals surface area contributed by atoms with Gasteiger partial charge in [-0.1, -0.05) is 71.6 Å². The summed E-state index contributed by atoms with van der Waals surface area (Å²) in [6.45, 7) is 15.2. The van der Waals surface area contributed by atoms with Crippen molar-refractivity contribution in [1.29, 1.82) is 0 Å². The van der Waals surface area contributed by atoms with Crippen molar-refractivity contribution in [3.8, 4) is 0 Å². The third-order valence-electron chi connectivity index (χ3n) is 5.61. The molecule has 0 heterocycles. The van der Waals surface area contributed by atoms with E-state index in [9.17, 15) is 8.42 Å². The molecular formula is C29H50O3S. The van der Waals surface area contributed by atoms with Crippen molar-refractivity contribution < 1.29 is 12.6 Å². The molecule has 0 radical (unpaired) electrons. The molecule has 0 fully saturated rings. The maximum Gasteiger partial charge on any atom is 0.267 e. The van der Waals surface area contributed by atoms with Gasteiger partial charge < -0.3 is 0 Å². The predicted octanol–water partition coefficient (Wildman–Crippen LogP) is 9.01. The van der Waals surface area contributed by atoms with Gasteiger partial charge in [0.15, 0.2) is 0 Å². The molecule has 0 aromatic heterocycles. The van der Waals surface area contributed by atoms with E-state index in [2.05, 4.69) is 58.9 Å². The Labute approximate surface area is 205 Å². The molecule has 33 heavy (non-hydrogen) atoms. The van der Waals surface area contributed by atoms with E-state index in [1.54, 1.807) is 0 Å². The molecule has 0 aliphatic rings. The molecule has 0 aromatic rings. The summed E-state index contributed by atoms with van der Waals surface area (Å²) in [5, 5.41) is 0. The molecule has 0 saturated carbocycles. The minimum absolute atomic E-state index is 0.110. The fourth-order valence-corrected chi connectivity index (χ4v) is 4.33. The third-order valence-corrected chi connectivity index (χ3v) is 6.90. The summed E-state index contributed by atoms with van der Waals surface area (Å²) in [6.07, 6.45) is 21.5. The van der Waals surface area contributed by atoms with Crippen LogP contribution < -0.4 is 0 Å². The van der Waals surface area contributed by atoms with Gasteiger partial charge in [0, 0.05) is 0 Å². The number of hydrogen-bond acceptors (Lipinski definition) is 3. The average Bonchev–Trinajstić information content (AvgIpc) is 2.72. The van der Waals surface area contributed by atoms with Crippen molar-refractivity contribution >= 4 is 10.1 Å². The molecule has 0 aromatic carbocycles. The van der Waals surface area contributed by atoms with Crippen LogP contribution in [0.4, 0.5) is 0 Å². The van der Waals surface area contributed by atoms with Crippen LogP contribution in [0.2, 0.25) is 0 Å². The zero-order chi connectivity index (χ0) is 25.1. The fourth-order valence-electron chi connectivity index (χ4n) is 3.30. The van der Waals surface area contributed by atoms with Gasteiger partial charge in [0.2, 0.25) is 0 Å². The summed E-state index contributed by atoms with van der Waals surface area (Å²) in [6, 6.07) is 0. The zero-order valence-corrected chi connectivity index (χ0v) is 23.3. The largest absolute Gasteiger partial charge is 0.267 e. The maximum absolute atomic E-state index is 11.7. The molecule has 0 aliphatic carbocycles. The summed E-state index contributed by atoms with van der Waals surface area (Å²) in [5.74, 6) is 0.110. The van der Waals surface area contributed by atoms with Gasteiger partial charge in [0.25, 0.3) is 10.1 Å². The molecule has 3 nitrogen and oxygen atoms in total. The summed E-state index contributed by atoms with van der Waals surface area (Å²) in [7, 11) is -3.38. The lowest BCUT2D eigenvalue weighted by molar-refractivity contribution is 0.355. The van der Waals surface area contributed by atoms with E-state index in [0.29, 0.717) is 6.42 Å². The molecule has 4 heteroatoms. The minimum atomic E-state index is -3.38. The van der Waals surface area contributed by atoms with Crippen molar-refractivity contribution in [3.63, 3.8) is 0 Å². The molecular weight excluding hydrogens is 428 g/mol. The van der Waals surface area contributed by atoms with Crippen molar-refractivity contribution in [2.75, 3.05) is 12.4 Å². The number of rotatable bonds is 18. The molecule has 190 valence electrons. The Bertz CT molecular complexity index is 789. The average molecular weight is 479 g/mol. The van der Waals surface area contributed by atoms with E-state index in [1.807, 2.05) is 19.9 Å². The molecule has 0 spiro atoms. The van der Waals surface area contributed by atoms with E-state index >= 15 is 0 Å². The maximum atomic E-state index is 11.7. The van der Waals surface area contributed by atoms with Crippen molar-refractivity contribution in [2.45, 2.75) is 113 Å². The highest BCUT2D eigenvalue weighted by Crippen LogP contribution is 2.15. The molecule has 0 bridgehead atoms. The van der Waals surface area contributed by atoms with Gasteiger partial charge in [0.05, 0.1) is 12.4 Å². The molecule has 0 atom stereocenters. The quantitative estimate of drug-likeness (QED) is 0.146. The topological polar surface area (TPSA) is 43.4 Å². The standard InChI is InChI=1S/C29H50O3S/c1-8-9-24-33(30,31)32-23-22-29(7)21-13-20-28(6)19-12-18-27(5)17-11-16-26(4)15-10-14-25(2)3/h14,16,18,20,22H,8-13,15,17,19,21,23-24H2,1-7H3. The highest BCUT2D eigenvalue weighted by atomic mass is 32.2. The van der Waals surface area contributed by atoms with Crippen LogP contribution in [0.1, 0.15) is 113 Å². The minimum Gasteiger partial charge on any atom is -0.266 e. The van der Waals surface area contributed by atoms with Gasteiger partial charge in [0.1, 0.15) is 0 Å². The number of hydrogen-bond donors (Lipinski definition) is 0. The first-order chi connectivity index (χ1) is 15.6. The van der Waals surface area contributed by atoms with E-state index < -0.39 is 10.1 Å². The van der Waals surface area contributed by atoms with Gasteiger partial charge in [-0.3, -0.25) is 4.18 Å². The fraction of sp³-hybridized carbons (Fsp3) is 0.655. The Morgan fingerprint density at radius 2 is 1.03 bits per heavy atom. The van der Waals surface area contributed by atoms with Gasteiger partial charge in [-0.25, -0.2) is 0 Å². The first-order valence-corrected chi connectivity index (χ1v) is 14.3. The molecule has 0 unspecified atom stereocenters. The van der Waals surface area contributed by atoms with Crippen LogP contribution in [0.25, 0.3) is 0 Å². The lowest BCUT2D eigenvalue weighted by Crippen LogP contribution is -2.10. The lowest BCUT2D eigenvalue weighted by Gasteiger charge is -2.04. The number of unbranched alkanes of at least 4 members (excludes halogenated alkanes) is 1. The summed E-state index contributed by atoms with van der Waals surface area (Å²) >= 11 is 0. The van der Waals surface area contributed by atoms with E-state index in [4.69, 9.17) is 4.18 Å². The first kappa shape index (κ1) is 31.6. The highest BCUT2D eigenvalue weighted by molar-refractivity contribution is 7.86. The van der Waals surface area contributed by atoms with Crippen LogP contribution in [0.3, 0.4) is 0 Å². The zero-order valence-electron chi connectivity index (χ0n) is 22.5. The van der Waals surface area contributed by atoms with Crippen LogP contribution in [-0.4, -0.2) is 20.8 Å². The van der Waals surface area contributed by atoms with Gasteiger partial charge in [-0.2, -0.15) is 8.42 Å². The third kappa shape index (κ3) is 20.9. The van der Waals surface area contributed by atoms with Crippen molar-refractivity contribution in [3.05, 3.63) is 58.2 Å². The smallest absolute Gasteiger partial charge is 0.266 e. The van der Waals surface area contributed by atoms with Gasteiger partial charge in [-0.15, -0.1) is 0 Å². The first-order valence-electron chi connectivity index (χ1n) is 12.7. The van der Waals surface area contributed by atoms with E-state index in [-0.39, 0.29) is 12.4 Å². The Morgan fingerprint density at radius 1 is 0.636 bits per heavy atom. The van der Waals surface area contributed by atoms with Crippen LogP contribution in [-0.2, 0) is 14.3 Å².